The van der Waals surface area contributed by atoms with Gasteiger partial charge in [0.1, 0.15) is 17.3 Å². The number of hydrogen-bond acceptors (Lipinski definition) is 7. The van der Waals surface area contributed by atoms with E-state index in [-0.39, 0.29) is 0 Å². The molecule has 3 aromatic heterocycles. The molecule has 3 heterocycles. The molecule has 4 aromatic rings. The lowest BCUT2D eigenvalue weighted by Gasteiger charge is -2.08. The summed E-state index contributed by atoms with van der Waals surface area (Å²) in [5.41, 5.74) is 15.3. The van der Waals surface area contributed by atoms with E-state index < -0.39 is 0 Å². The summed E-state index contributed by atoms with van der Waals surface area (Å²) < 4.78 is 1.72. The lowest BCUT2D eigenvalue weighted by atomic mass is 10.2. The SMILES string of the molecule is Cc1nc(N)cc(-c2c(Nc3ccc(N)cc3)nc3cccnn23)n1. The van der Waals surface area contributed by atoms with Gasteiger partial charge in [-0.15, -0.1) is 0 Å². The van der Waals surface area contributed by atoms with Crippen LogP contribution in [0.5, 0.6) is 0 Å². The first-order valence-corrected chi connectivity index (χ1v) is 7.68. The Hall–Kier alpha value is -3.68. The van der Waals surface area contributed by atoms with Gasteiger partial charge in [-0.05, 0) is 43.3 Å². The highest BCUT2D eigenvalue weighted by Crippen LogP contribution is 2.30. The maximum atomic E-state index is 5.89. The van der Waals surface area contributed by atoms with Gasteiger partial charge in [0.15, 0.2) is 11.5 Å². The predicted molar refractivity (Wildman–Crippen MR) is 97.3 cm³/mol. The second-order valence-corrected chi connectivity index (χ2v) is 5.57. The van der Waals surface area contributed by atoms with E-state index in [2.05, 4.69) is 25.4 Å². The fraction of sp³-hybridized carbons (Fsp3) is 0.0588. The minimum Gasteiger partial charge on any atom is -0.399 e. The predicted octanol–water partition coefficient (Wildman–Crippen LogP) is 2.40. The van der Waals surface area contributed by atoms with Gasteiger partial charge in [-0.25, -0.2) is 19.5 Å². The van der Waals surface area contributed by atoms with Crippen LogP contribution >= 0.6 is 0 Å². The number of benzene rings is 1. The quantitative estimate of drug-likeness (QED) is 0.493. The molecule has 0 unspecified atom stereocenters. The zero-order chi connectivity index (χ0) is 17.4. The molecule has 0 amide bonds. The molecule has 0 fully saturated rings. The Morgan fingerprint density at radius 2 is 1.80 bits per heavy atom. The normalized spacial score (nSPS) is 10.9. The zero-order valence-electron chi connectivity index (χ0n) is 13.5. The number of anilines is 4. The van der Waals surface area contributed by atoms with Crippen molar-refractivity contribution in [2.24, 2.45) is 0 Å². The van der Waals surface area contributed by atoms with Crippen LogP contribution in [-0.4, -0.2) is 24.6 Å². The molecule has 4 rings (SSSR count). The molecule has 1 aromatic carbocycles. The number of nitrogens with zero attached hydrogens (tertiary/aromatic N) is 5. The third-order valence-corrected chi connectivity index (χ3v) is 3.67. The van der Waals surface area contributed by atoms with Gasteiger partial charge >= 0.3 is 0 Å². The number of aryl methyl sites for hydroxylation is 1. The minimum atomic E-state index is 0.395. The molecule has 8 nitrogen and oxygen atoms in total. The minimum absolute atomic E-state index is 0.395. The average Bonchev–Trinajstić information content (AvgIpc) is 2.94. The molecule has 0 spiro atoms. The van der Waals surface area contributed by atoms with Crippen LogP contribution in [0.2, 0.25) is 0 Å². The molecule has 25 heavy (non-hydrogen) atoms. The van der Waals surface area contributed by atoms with Crippen molar-refractivity contribution >= 4 is 28.7 Å². The number of hydrogen-bond donors (Lipinski definition) is 3. The maximum Gasteiger partial charge on any atom is 0.161 e. The summed E-state index contributed by atoms with van der Waals surface area (Å²) in [5.74, 6) is 1.60. The standard InChI is InChI=1S/C17H16N8/c1-10-21-13(9-14(19)22-10)16-17(23-12-6-4-11(18)5-7-12)24-15-3-2-8-20-25(15)16/h2-9,23H,18H2,1H3,(H2,19,21,22). The summed E-state index contributed by atoms with van der Waals surface area (Å²) >= 11 is 0. The van der Waals surface area contributed by atoms with Crippen molar-refractivity contribution < 1.29 is 0 Å². The van der Waals surface area contributed by atoms with E-state index >= 15 is 0 Å². The fourth-order valence-corrected chi connectivity index (χ4v) is 2.62. The molecule has 0 aliphatic rings. The third kappa shape index (κ3) is 2.80. The van der Waals surface area contributed by atoms with Gasteiger partial charge in [-0.2, -0.15) is 5.10 Å². The topological polar surface area (TPSA) is 120 Å². The van der Waals surface area contributed by atoms with Crippen molar-refractivity contribution in [3.05, 3.63) is 54.5 Å². The molecule has 124 valence electrons. The zero-order valence-corrected chi connectivity index (χ0v) is 13.5. The maximum absolute atomic E-state index is 5.89. The molecule has 0 saturated carbocycles. The Morgan fingerprint density at radius 1 is 1.00 bits per heavy atom. The van der Waals surface area contributed by atoms with Gasteiger partial charge in [-0.3, -0.25) is 0 Å². The van der Waals surface area contributed by atoms with Crippen LogP contribution in [0.4, 0.5) is 23.0 Å². The third-order valence-electron chi connectivity index (χ3n) is 3.67. The summed E-state index contributed by atoms with van der Waals surface area (Å²) in [6.07, 6.45) is 1.70. The van der Waals surface area contributed by atoms with Crippen LogP contribution in [0, 0.1) is 6.92 Å². The van der Waals surface area contributed by atoms with Crippen molar-refractivity contribution in [2.45, 2.75) is 6.92 Å². The largest absolute Gasteiger partial charge is 0.399 e. The first kappa shape index (κ1) is 14.9. The smallest absolute Gasteiger partial charge is 0.161 e. The first-order chi connectivity index (χ1) is 12.1. The van der Waals surface area contributed by atoms with Gasteiger partial charge < -0.3 is 16.8 Å². The fourth-order valence-electron chi connectivity index (χ4n) is 2.62. The van der Waals surface area contributed by atoms with E-state index in [1.165, 1.54) is 0 Å². The van der Waals surface area contributed by atoms with Crippen LogP contribution < -0.4 is 16.8 Å². The summed E-state index contributed by atoms with van der Waals surface area (Å²) in [6, 6.07) is 12.8. The Kier molecular flexibility index (Phi) is 3.42. The van der Waals surface area contributed by atoms with Crippen LogP contribution in [0.25, 0.3) is 17.0 Å². The van der Waals surface area contributed by atoms with E-state index in [0.717, 1.165) is 5.69 Å². The number of nitrogens with one attached hydrogen (secondary N) is 1. The van der Waals surface area contributed by atoms with E-state index in [9.17, 15) is 0 Å². The molecule has 8 heteroatoms. The van der Waals surface area contributed by atoms with Crippen molar-refractivity contribution in [3.8, 4) is 11.4 Å². The average molecular weight is 332 g/mol. The number of nitrogens with two attached hydrogens (primary N) is 2. The first-order valence-electron chi connectivity index (χ1n) is 7.68. The van der Waals surface area contributed by atoms with Gasteiger partial charge in [0.2, 0.25) is 0 Å². The van der Waals surface area contributed by atoms with Crippen molar-refractivity contribution in [2.75, 3.05) is 16.8 Å². The summed E-state index contributed by atoms with van der Waals surface area (Å²) in [5, 5.41) is 7.68. The molecule has 0 bridgehead atoms. The van der Waals surface area contributed by atoms with Crippen LogP contribution in [0.3, 0.4) is 0 Å². The molecule has 0 saturated heterocycles. The van der Waals surface area contributed by atoms with E-state index in [1.807, 2.05) is 36.4 Å². The molecular formula is C17H16N8. The van der Waals surface area contributed by atoms with E-state index in [1.54, 1.807) is 23.7 Å². The lowest BCUT2D eigenvalue weighted by Crippen LogP contribution is -2.02. The van der Waals surface area contributed by atoms with Crippen LogP contribution in [0.15, 0.2) is 48.7 Å². The van der Waals surface area contributed by atoms with Crippen LogP contribution in [0.1, 0.15) is 5.82 Å². The summed E-state index contributed by atoms with van der Waals surface area (Å²) in [4.78, 5) is 13.2. The molecule has 5 N–H and O–H groups in total. The lowest BCUT2D eigenvalue weighted by molar-refractivity contribution is 0.932. The molecular weight excluding hydrogens is 316 g/mol. The Bertz CT molecular complexity index is 1030. The van der Waals surface area contributed by atoms with E-state index in [0.29, 0.717) is 40.2 Å². The Labute approximate surface area is 143 Å². The van der Waals surface area contributed by atoms with Gasteiger partial charge in [-0.1, -0.05) is 0 Å². The van der Waals surface area contributed by atoms with Gasteiger partial charge in [0, 0.05) is 23.6 Å². The van der Waals surface area contributed by atoms with Gasteiger partial charge in [0.25, 0.3) is 0 Å². The molecule has 0 radical (unpaired) electrons. The molecule has 0 atom stereocenters. The van der Waals surface area contributed by atoms with Gasteiger partial charge in [0.05, 0.1) is 5.69 Å². The summed E-state index contributed by atoms with van der Waals surface area (Å²) in [7, 11) is 0. The second kappa shape index (κ2) is 5.75. The van der Waals surface area contributed by atoms with Crippen molar-refractivity contribution in [3.63, 3.8) is 0 Å². The monoisotopic (exact) mass is 332 g/mol. The van der Waals surface area contributed by atoms with Crippen molar-refractivity contribution in [1.29, 1.82) is 0 Å². The molecule has 0 aliphatic heterocycles. The number of imidazole rings is 1. The highest BCUT2D eigenvalue weighted by Gasteiger charge is 2.17. The second-order valence-electron chi connectivity index (χ2n) is 5.57. The Morgan fingerprint density at radius 3 is 2.56 bits per heavy atom. The number of nitrogen functional groups attached to an aromatic ring is 2. The van der Waals surface area contributed by atoms with Crippen LogP contribution in [-0.2, 0) is 0 Å². The van der Waals surface area contributed by atoms with E-state index in [4.69, 9.17) is 11.5 Å². The number of fused-ring (bicyclic) bond motifs is 1. The number of aromatic nitrogens is 5. The number of rotatable bonds is 3. The highest BCUT2D eigenvalue weighted by molar-refractivity contribution is 5.78. The summed E-state index contributed by atoms with van der Waals surface area (Å²) in [6.45, 7) is 1.80. The highest BCUT2D eigenvalue weighted by atomic mass is 15.3. The molecule has 0 aliphatic carbocycles. The Balaban J connectivity index is 1.90. The van der Waals surface area contributed by atoms with Crippen molar-refractivity contribution in [1.82, 2.24) is 24.6 Å².